The molecule has 0 aliphatic carbocycles. The van der Waals surface area contributed by atoms with Gasteiger partial charge in [-0.15, -0.1) is 0 Å². The molecule has 0 saturated heterocycles. The first-order valence-corrected chi connectivity index (χ1v) is 5.02. The molecule has 6 nitrogen and oxygen atoms in total. The lowest BCUT2D eigenvalue weighted by Gasteiger charge is -2.14. The van der Waals surface area contributed by atoms with E-state index in [1.165, 1.54) is 26.1 Å². The van der Waals surface area contributed by atoms with E-state index < -0.39 is 18.0 Å². The van der Waals surface area contributed by atoms with Gasteiger partial charge in [-0.3, -0.25) is 10.1 Å². The molecule has 0 heterocycles. The first-order valence-electron chi connectivity index (χ1n) is 5.02. The normalized spacial score (nSPS) is 11.4. The number of ether oxygens (including phenoxy) is 1. The van der Waals surface area contributed by atoms with E-state index in [4.69, 9.17) is 4.74 Å². The van der Waals surface area contributed by atoms with Crippen molar-refractivity contribution in [3.8, 4) is 11.5 Å². The summed E-state index contributed by atoms with van der Waals surface area (Å²) in [6.45, 7) is 1.48. The molecule has 0 aliphatic heterocycles. The Hall–Kier alpha value is -2.24. The van der Waals surface area contributed by atoms with E-state index in [1.807, 2.05) is 0 Å². The number of phenolic OH excluding ortho intramolecular Hbond substituents is 1. The fourth-order valence-corrected chi connectivity index (χ4v) is 1.08. The first kappa shape index (κ1) is 12.8. The van der Waals surface area contributed by atoms with Crippen LogP contribution < -0.4 is 15.4 Å². The van der Waals surface area contributed by atoms with Gasteiger partial charge >= 0.3 is 6.03 Å². The monoisotopic (exact) mass is 238 g/mol. The van der Waals surface area contributed by atoms with Crippen molar-refractivity contribution in [2.75, 3.05) is 7.05 Å². The molecular formula is C11H14N2O4. The highest BCUT2D eigenvalue weighted by Crippen LogP contribution is 2.25. The van der Waals surface area contributed by atoms with Gasteiger partial charge < -0.3 is 15.2 Å². The van der Waals surface area contributed by atoms with E-state index in [1.54, 1.807) is 12.1 Å². The van der Waals surface area contributed by atoms with Gasteiger partial charge in [0.1, 0.15) is 0 Å². The molecule has 0 aliphatic rings. The molecule has 0 bridgehead atoms. The van der Waals surface area contributed by atoms with Gasteiger partial charge in [0.2, 0.25) is 0 Å². The largest absolute Gasteiger partial charge is 0.504 e. The molecule has 6 heteroatoms. The molecule has 0 fully saturated rings. The first-order chi connectivity index (χ1) is 8.04. The third kappa shape index (κ3) is 3.67. The van der Waals surface area contributed by atoms with Gasteiger partial charge in [0, 0.05) is 7.05 Å². The summed E-state index contributed by atoms with van der Waals surface area (Å²) in [5.74, 6) is -0.466. The van der Waals surface area contributed by atoms with E-state index in [0.717, 1.165) is 0 Å². The van der Waals surface area contributed by atoms with Crippen LogP contribution in [0, 0.1) is 0 Å². The van der Waals surface area contributed by atoms with E-state index in [2.05, 4.69) is 10.6 Å². The Labute approximate surface area is 98.6 Å². The highest BCUT2D eigenvalue weighted by Gasteiger charge is 2.17. The molecule has 0 saturated carbocycles. The number of carbonyl (C=O) groups is 2. The molecule has 0 aromatic heterocycles. The van der Waals surface area contributed by atoms with Gasteiger partial charge in [0.05, 0.1) is 0 Å². The number of rotatable bonds is 3. The Bertz CT molecular complexity index is 420. The van der Waals surface area contributed by atoms with Crippen LogP contribution in [0.1, 0.15) is 6.92 Å². The zero-order valence-corrected chi connectivity index (χ0v) is 9.56. The Morgan fingerprint density at radius 2 is 2.00 bits per heavy atom. The second-order valence-corrected chi connectivity index (χ2v) is 3.30. The Morgan fingerprint density at radius 3 is 2.59 bits per heavy atom. The number of hydrogen-bond donors (Lipinski definition) is 3. The average Bonchev–Trinajstić information content (AvgIpc) is 2.31. The van der Waals surface area contributed by atoms with Crippen LogP contribution in [0.3, 0.4) is 0 Å². The zero-order chi connectivity index (χ0) is 12.8. The highest BCUT2D eigenvalue weighted by molar-refractivity contribution is 5.96. The lowest BCUT2D eigenvalue weighted by molar-refractivity contribution is -0.126. The Balaban J connectivity index is 2.60. The molecule has 1 rings (SSSR count). The summed E-state index contributed by atoms with van der Waals surface area (Å²) in [6.07, 6.45) is -0.888. The van der Waals surface area contributed by atoms with Gasteiger partial charge in [0.25, 0.3) is 5.91 Å². The summed E-state index contributed by atoms with van der Waals surface area (Å²) in [4.78, 5) is 22.3. The van der Waals surface area contributed by atoms with Gasteiger partial charge in [-0.2, -0.15) is 0 Å². The molecule has 1 atom stereocenters. The van der Waals surface area contributed by atoms with E-state index >= 15 is 0 Å². The second kappa shape index (κ2) is 5.74. The molecular weight excluding hydrogens is 224 g/mol. The smallest absolute Gasteiger partial charge is 0.321 e. The fourth-order valence-electron chi connectivity index (χ4n) is 1.08. The topological polar surface area (TPSA) is 87.7 Å². The van der Waals surface area contributed by atoms with E-state index in [0.29, 0.717) is 0 Å². The number of aromatic hydroxyl groups is 1. The predicted molar refractivity (Wildman–Crippen MR) is 60.8 cm³/mol. The van der Waals surface area contributed by atoms with Crippen molar-refractivity contribution in [3.05, 3.63) is 24.3 Å². The predicted octanol–water partition coefficient (Wildman–Crippen LogP) is 0.615. The minimum Gasteiger partial charge on any atom is -0.504 e. The number of nitrogens with one attached hydrogen (secondary N) is 2. The molecule has 1 aromatic carbocycles. The van der Waals surface area contributed by atoms with Crippen molar-refractivity contribution in [1.29, 1.82) is 0 Å². The van der Waals surface area contributed by atoms with Crippen molar-refractivity contribution in [3.63, 3.8) is 0 Å². The number of benzene rings is 1. The van der Waals surface area contributed by atoms with Crippen molar-refractivity contribution in [1.82, 2.24) is 10.6 Å². The molecule has 3 amide bonds. The number of carbonyl (C=O) groups excluding carboxylic acids is 2. The highest BCUT2D eigenvalue weighted by atomic mass is 16.5. The summed E-state index contributed by atoms with van der Waals surface area (Å²) < 4.78 is 5.21. The van der Waals surface area contributed by atoms with Crippen molar-refractivity contribution >= 4 is 11.9 Å². The molecule has 0 radical (unpaired) electrons. The average molecular weight is 238 g/mol. The quantitative estimate of drug-likeness (QED) is 0.720. The van der Waals surface area contributed by atoms with Crippen LogP contribution >= 0.6 is 0 Å². The van der Waals surface area contributed by atoms with Gasteiger partial charge in [-0.25, -0.2) is 4.79 Å². The number of amides is 3. The molecule has 1 aromatic rings. The molecule has 0 spiro atoms. The number of phenols is 1. The summed E-state index contributed by atoms with van der Waals surface area (Å²) in [6, 6.07) is 5.66. The maximum Gasteiger partial charge on any atom is 0.321 e. The fraction of sp³-hybridized carbons (Fsp3) is 0.273. The lowest BCUT2D eigenvalue weighted by Crippen LogP contribution is -2.43. The van der Waals surface area contributed by atoms with Gasteiger partial charge in [0.15, 0.2) is 17.6 Å². The van der Waals surface area contributed by atoms with Crippen LogP contribution in [0.4, 0.5) is 4.79 Å². The lowest BCUT2D eigenvalue weighted by atomic mass is 10.3. The Morgan fingerprint density at radius 1 is 1.35 bits per heavy atom. The molecule has 1 unspecified atom stereocenters. The Kier molecular flexibility index (Phi) is 4.33. The third-order valence-corrected chi connectivity index (χ3v) is 2.00. The summed E-state index contributed by atoms with van der Waals surface area (Å²) >= 11 is 0. The van der Waals surface area contributed by atoms with Crippen LogP contribution in [0.25, 0.3) is 0 Å². The number of hydrogen-bond acceptors (Lipinski definition) is 4. The van der Waals surface area contributed by atoms with Crippen LogP contribution in [0.5, 0.6) is 11.5 Å². The van der Waals surface area contributed by atoms with Crippen LogP contribution in [-0.4, -0.2) is 30.2 Å². The van der Waals surface area contributed by atoms with E-state index in [-0.39, 0.29) is 11.5 Å². The number of para-hydroxylation sites is 2. The van der Waals surface area contributed by atoms with Gasteiger partial charge in [-0.1, -0.05) is 12.1 Å². The van der Waals surface area contributed by atoms with Crippen molar-refractivity contribution in [2.24, 2.45) is 0 Å². The van der Waals surface area contributed by atoms with Crippen LogP contribution in [-0.2, 0) is 4.79 Å². The number of imide groups is 1. The van der Waals surface area contributed by atoms with Crippen molar-refractivity contribution < 1.29 is 19.4 Å². The minimum atomic E-state index is -0.888. The summed E-state index contributed by atoms with van der Waals surface area (Å²) in [7, 11) is 1.40. The maximum atomic E-state index is 11.4. The number of urea groups is 1. The standard InChI is InChI=1S/C11H14N2O4/c1-7(10(15)13-11(16)12-2)17-9-6-4-3-5-8(9)14/h3-7,14H,1-2H3,(H2,12,13,15,16). The molecule has 17 heavy (non-hydrogen) atoms. The van der Waals surface area contributed by atoms with E-state index in [9.17, 15) is 14.7 Å². The van der Waals surface area contributed by atoms with Crippen LogP contribution in [0.2, 0.25) is 0 Å². The zero-order valence-electron chi connectivity index (χ0n) is 9.56. The van der Waals surface area contributed by atoms with Gasteiger partial charge in [-0.05, 0) is 19.1 Å². The second-order valence-electron chi connectivity index (χ2n) is 3.30. The van der Waals surface area contributed by atoms with Crippen molar-refractivity contribution in [2.45, 2.75) is 13.0 Å². The third-order valence-electron chi connectivity index (χ3n) is 2.00. The minimum absolute atomic E-state index is 0.0629. The molecule has 92 valence electrons. The summed E-state index contributed by atoms with van der Waals surface area (Å²) in [5.41, 5.74) is 0. The molecule has 3 N–H and O–H groups in total. The van der Waals surface area contributed by atoms with Crippen LogP contribution in [0.15, 0.2) is 24.3 Å². The SMILES string of the molecule is CNC(=O)NC(=O)C(C)Oc1ccccc1O. The summed E-state index contributed by atoms with van der Waals surface area (Å²) in [5, 5.41) is 13.8. The maximum absolute atomic E-state index is 11.4.